The van der Waals surface area contributed by atoms with Crippen molar-refractivity contribution in [3.63, 3.8) is 0 Å². The van der Waals surface area contributed by atoms with Crippen LogP contribution in [0.15, 0.2) is 0 Å². The third-order valence-electron chi connectivity index (χ3n) is 2.65. The smallest absolute Gasteiger partial charge is 0.150 e. The van der Waals surface area contributed by atoms with Gasteiger partial charge in [0.2, 0.25) is 0 Å². The maximum Gasteiger partial charge on any atom is 0.150 e. The van der Waals surface area contributed by atoms with Gasteiger partial charge >= 0.3 is 0 Å². The summed E-state index contributed by atoms with van der Waals surface area (Å²) in [6.45, 7) is 9.54. The standard InChI is InChI=1S/C12H24N4/c1-4-11-14-12(5-2)16(15-11)10-8-7-9-13-6-3/h13H,4-10H2,1-3H3. The maximum atomic E-state index is 4.50. The van der Waals surface area contributed by atoms with Crippen molar-refractivity contribution >= 4 is 0 Å². The minimum atomic E-state index is 0.928. The van der Waals surface area contributed by atoms with Gasteiger partial charge in [-0.3, -0.25) is 0 Å². The first-order valence-electron chi connectivity index (χ1n) is 6.45. The Morgan fingerprint density at radius 2 is 1.94 bits per heavy atom. The number of unbranched alkanes of at least 4 members (excludes halogenated alkanes) is 1. The van der Waals surface area contributed by atoms with Crippen molar-refractivity contribution in [3.8, 4) is 0 Å². The van der Waals surface area contributed by atoms with Gasteiger partial charge in [0.05, 0.1) is 0 Å². The Balaban J connectivity index is 2.37. The third kappa shape index (κ3) is 3.93. The Morgan fingerprint density at radius 1 is 1.12 bits per heavy atom. The van der Waals surface area contributed by atoms with E-state index in [0.717, 1.165) is 44.1 Å². The molecule has 1 heterocycles. The van der Waals surface area contributed by atoms with Crippen molar-refractivity contribution < 1.29 is 0 Å². The van der Waals surface area contributed by atoms with Crippen LogP contribution in [0, 0.1) is 0 Å². The molecule has 0 aliphatic carbocycles. The summed E-state index contributed by atoms with van der Waals surface area (Å²) in [7, 11) is 0. The average molecular weight is 224 g/mol. The number of nitrogens with zero attached hydrogens (tertiary/aromatic N) is 3. The van der Waals surface area contributed by atoms with Crippen LogP contribution in [0.2, 0.25) is 0 Å². The van der Waals surface area contributed by atoms with Crippen molar-refractivity contribution in [2.24, 2.45) is 0 Å². The molecule has 92 valence electrons. The predicted octanol–water partition coefficient (Wildman–Crippen LogP) is 1.79. The van der Waals surface area contributed by atoms with Gasteiger partial charge in [0.15, 0.2) is 5.82 Å². The Hall–Kier alpha value is -0.900. The van der Waals surface area contributed by atoms with E-state index >= 15 is 0 Å². The van der Waals surface area contributed by atoms with E-state index in [2.05, 4.69) is 40.9 Å². The van der Waals surface area contributed by atoms with Gasteiger partial charge in [0.25, 0.3) is 0 Å². The molecule has 0 amide bonds. The lowest BCUT2D eigenvalue weighted by Gasteiger charge is -2.04. The Kier molecular flexibility index (Phi) is 6.08. The van der Waals surface area contributed by atoms with E-state index in [0.29, 0.717) is 0 Å². The SMILES string of the molecule is CCNCCCCn1nc(CC)nc1CC. The maximum absolute atomic E-state index is 4.50. The minimum absolute atomic E-state index is 0.928. The van der Waals surface area contributed by atoms with Crippen LogP contribution in [-0.2, 0) is 19.4 Å². The second-order valence-corrected chi connectivity index (χ2v) is 3.94. The highest BCUT2D eigenvalue weighted by Crippen LogP contribution is 2.03. The number of aryl methyl sites for hydroxylation is 3. The molecule has 0 saturated heterocycles. The second kappa shape index (κ2) is 7.39. The summed E-state index contributed by atoms with van der Waals surface area (Å²) in [5.41, 5.74) is 0. The average Bonchev–Trinajstić information content (AvgIpc) is 2.71. The molecule has 0 bridgehead atoms. The van der Waals surface area contributed by atoms with Gasteiger partial charge < -0.3 is 5.32 Å². The predicted molar refractivity (Wildman–Crippen MR) is 66.6 cm³/mol. The van der Waals surface area contributed by atoms with Crippen molar-refractivity contribution in [1.82, 2.24) is 20.1 Å². The highest BCUT2D eigenvalue weighted by atomic mass is 15.3. The number of hydrogen-bond donors (Lipinski definition) is 1. The van der Waals surface area contributed by atoms with Crippen molar-refractivity contribution in [3.05, 3.63) is 11.6 Å². The van der Waals surface area contributed by atoms with E-state index in [1.54, 1.807) is 0 Å². The van der Waals surface area contributed by atoms with Gasteiger partial charge in [-0.2, -0.15) is 5.10 Å². The molecule has 1 N–H and O–H groups in total. The molecule has 0 saturated carbocycles. The van der Waals surface area contributed by atoms with Crippen molar-refractivity contribution in [2.75, 3.05) is 13.1 Å². The Labute approximate surface area is 98.5 Å². The summed E-state index contributed by atoms with van der Waals surface area (Å²) in [5, 5.41) is 7.84. The van der Waals surface area contributed by atoms with Crippen LogP contribution in [0.1, 0.15) is 45.3 Å². The molecule has 0 aliphatic rings. The van der Waals surface area contributed by atoms with Crippen LogP contribution in [0.5, 0.6) is 0 Å². The van der Waals surface area contributed by atoms with E-state index in [4.69, 9.17) is 0 Å². The molecule has 0 spiro atoms. The van der Waals surface area contributed by atoms with Gasteiger partial charge in [-0.25, -0.2) is 9.67 Å². The zero-order valence-electron chi connectivity index (χ0n) is 10.8. The molecule has 16 heavy (non-hydrogen) atoms. The number of nitrogens with one attached hydrogen (secondary N) is 1. The number of rotatable bonds is 8. The largest absolute Gasteiger partial charge is 0.317 e. The first-order valence-corrected chi connectivity index (χ1v) is 6.45. The lowest BCUT2D eigenvalue weighted by Crippen LogP contribution is -2.15. The van der Waals surface area contributed by atoms with Gasteiger partial charge in [0, 0.05) is 19.4 Å². The summed E-state index contributed by atoms with van der Waals surface area (Å²) in [6.07, 6.45) is 4.28. The van der Waals surface area contributed by atoms with E-state index in [1.807, 2.05) is 0 Å². The lowest BCUT2D eigenvalue weighted by atomic mass is 10.3. The first kappa shape index (κ1) is 13.2. The summed E-state index contributed by atoms with van der Waals surface area (Å²) in [4.78, 5) is 4.50. The van der Waals surface area contributed by atoms with Crippen LogP contribution in [0.3, 0.4) is 0 Å². The highest BCUT2D eigenvalue weighted by molar-refractivity contribution is 4.92. The van der Waals surface area contributed by atoms with E-state index in [9.17, 15) is 0 Å². The molecule has 0 radical (unpaired) electrons. The van der Waals surface area contributed by atoms with E-state index in [1.165, 1.54) is 12.8 Å². The van der Waals surface area contributed by atoms with E-state index in [-0.39, 0.29) is 0 Å². The molecule has 0 aromatic carbocycles. The number of hydrogen-bond acceptors (Lipinski definition) is 3. The first-order chi connectivity index (χ1) is 7.81. The highest BCUT2D eigenvalue weighted by Gasteiger charge is 2.05. The molecular weight excluding hydrogens is 200 g/mol. The summed E-state index contributed by atoms with van der Waals surface area (Å²) in [5.74, 6) is 2.10. The topological polar surface area (TPSA) is 42.7 Å². The molecule has 0 fully saturated rings. The summed E-state index contributed by atoms with van der Waals surface area (Å²) in [6, 6.07) is 0. The fourth-order valence-corrected chi connectivity index (χ4v) is 1.70. The molecule has 1 aromatic heterocycles. The lowest BCUT2D eigenvalue weighted by molar-refractivity contribution is 0.520. The second-order valence-electron chi connectivity index (χ2n) is 3.94. The Bertz CT molecular complexity index is 293. The van der Waals surface area contributed by atoms with Crippen molar-refractivity contribution in [1.29, 1.82) is 0 Å². The van der Waals surface area contributed by atoms with Crippen LogP contribution in [0.4, 0.5) is 0 Å². The summed E-state index contributed by atoms with van der Waals surface area (Å²) < 4.78 is 2.07. The van der Waals surface area contributed by atoms with Gasteiger partial charge in [0.1, 0.15) is 5.82 Å². The molecule has 1 aromatic rings. The van der Waals surface area contributed by atoms with Crippen LogP contribution in [-0.4, -0.2) is 27.9 Å². The molecule has 0 atom stereocenters. The van der Waals surface area contributed by atoms with Crippen LogP contribution < -0.4 is 5.32 Å². The zero-order valence-corrected chi connectivity index (χ0v) is 10.8. The third-order valence-corrected chi connectivity index (χ3v) is 2.65. The normalized spacial score (nSPS) is 10.9. The molecular formula is C12H24N4. The molecule has 1 rings (SSSR count). The van der Waals surface area contributed by atoms with Gasteiger partial charge in [-0.05, 0) is 25.9 Å². The molecule has 4 heteroatoms. The summed E-state index contributed by atoms with van der Waals surface area (Å²) >= 11 is 0. The minimum Gasteiger partial charge on any atom is -0.317 e. The monoisotopic (exact) mass is 224 g/mol. The van der Waals surface area contributed by atoms with Crippen LogP contribution in [0.25, 0.3) is 0 Å². The zero-order chi connectivity index (χ0) is 11.8. The van der Waals surface area contributed by atoms with Crippen molar-refractivity contribution in [2.45, 2.75) is 53.0 Å². The fourth-order valence-electron chi connectivity index (χ4n) is 1.70. The Morgan fingerprint density at radius 3 is 2.56 bits per heavy atom. The van der Waals surface area contributed by atoms with Gasteiger partial charge in [-0.15, -0.1) is 0 Å². The number of aromatic nitrogens is 3. The van der Waals surface area contributed by atoms with E-state index < -0.39 is 0 Å². The quantitative estimate of drug-likeness (QED) is 0.685. The van der Waals surface area contributed by atoms with Gasteiger partial charge in [-0.1, -0.05) is 20.8 Å². The molecule has 0 unspecified atom stereocenters. The fraction of sp³-hybridized carbons (Fsp3) is 0.833. The molecule has 4 nitrogen and oxygen atoms in total. The van der Waals surface area contributed by atoms with Crippen LogP contribution >= 0.6 is 0 Å². The molecule has 0 aliphatic heterocycles.